The van der Waals surface area contributed by atoms with Gasteiger partial charge in [-0.1, -0.05) is 91.0 Å². The van der Waals surface area contributed by atoms with Gasteiger partial charge in [-0.2, -0.15) is 0 Å². The molecule has 2 N–H and O–H groups in total. The number of benzene rings is 3. The van der Waals surface area contributed by atoms with Gasteiger partial charge in [0.15, 0.2) is 5.79 Å². The van der Waals surface area contributed by atoms with Crippen LogP contribution in [0.4, 0.5) is 0 Å². The molecular weight excluding hydrogens is 388 g/mol. The lowest BCUT2D eigenvalue weighted by atomic mass is 9.78. The van der Waals surface area contributed by atoms with Gasteiger partial charge in [0.2, 0.25) is 0 Å². The maximum Gasteiger partial charge on any atom is 0.169 e. The second-order valence-corrected chi connectivity index (χ2v) is 8.59. The van der Waals surface area contributed by atoms with E-state index in [1.165, 1.54) is 0 Å². The molecule has 3 atom stereocenters. The minimum atomic E-state index is -1.48. The van der Waals surface area contributed by atoms with Crippen molar-refractivity contribution >= 4 is 0 Å². The molecule has 3 aromatic carbocycles. The van der Waals surface area contributed by atoms with Gasteiger partial charge in [-0.05, 0) is 29.5 Å². The van der Waals surface area contributed by atoms with E-state index >= 15 is 0 Å². The number of aliphatic hydroxyl groups excluding tert-OH is 1. The average molecular weight is 417 g/mol. The van der Waals surface area contributed by atoms with Crippen molar-refractivity contribution in [2.24, 2.45) is 0 Å². The van der Waals surface area contributed by atoms with Crippen LogP contribution in [0.5, 0.6) is 0 Å². The highest BCUT2D eigenvalue weighted by Gasteiger charge is 2.59. The van der Waals surface area contributed by atoms with Crippen LogP contribution in [0.1, 0.15) is 48.5 Å². The van der Waals surface area contributed by atoms with Gasteiger partial charge in [-0.15, -0.1) is 0 Å². The maximum atomic E-state index is 12.3. The molecule has 4 nitrogen and oxygen atoms in total. The third kappa shape index (κ3) is 3.60. The molecule has 0 radical (unpaired) electrons. The van der Waals surface area contributed by atoms with Crippen LogP contribution in [0.3, 0.4) is 0 Å². The molecule has 1 saturated carbocycles. The predicted octanol–water partition coefficient (Wildman–Crippen LogP) is 4.71. The molecule has 1 aliphatic carbocycles. The Bertz CT molecular complexity index is 944. The van der Waals surface area contributed by atoms with Crippen LogP contribution in [0.25, 0.3) is 0 Å². The normalized spacial score (nSPS) is 23.8. The Hall–Kier alpha value is -2.50. The summed E-state index contributed by atoms with van der Waals surface area (Å²) in [6, 6.07) is 28.6. The van der Waals surface area contributed by atoms with Crippen molar-refractivity contribution in [3.63, 3.8) is 0 Å². The molecule has 0 aromatic heterocycles. The third-order valence-electron chi connectivity index (χ3n) is 6.65. The van der Waals surface area contributed by atoms with Crippen LogP contribution in [-0.2, 0) is 15.1 Å². The molecule has 1 heterocycles. The molecule has 0 bridgehead atoms. The summed E-state index contributed by atoms with van der Waals surface area (Å²) in [4.78, 5) is 0. The highest BCUT2D eigenvalue weighted by Crippen LogP contribution is 2.51. The molecule has 31 heavy (non-hydrogen) atoms. The summed E-state index contributed by atoms with van der Waals surface area (Å²) >= 11 is 0. The third-order valence-corrected chi connectivity index (χ3v) is 6.65. The Morgan fingerprint density at radius 1 is 0.742 bits per heavy atom. The van der Waals surface area contributed by atoms with Crippen molar-refractivity contribution < 1.29 is 19.7 Å². The smallest absolute Gasteiger partial charge is 0.169 e. The van der Waals surface area contributed by atoms with Crippen molar-refractivity contribution in [1.29, 1.82) is 0 Å². The fourth-order valence-electron chi connectivity index (χ4n) is 5.06. The first-order valence-corrected chi connectivity index (χ1v) is 11.0. The van der Waals surface area contributed by atoms with Gasteiger partial charge in [0.1, 0.15) is 23.9 Å². The van der Waals surface area contributed by atoms with Gasteiger partial charge < -0.3 is 19.7 Å². The number of ether oxygens (including phenoxy) is 2. The first kappa shape index (κ1) is 20.4. The number of rotatable bonds is 5. The van der Waals surface area contributed by atoms with E-state index in [0.29, 0.717) is 0 Å². The van der Waals surface area contributed by atoms with E-state index < -0.39 is 29.7 Å². The number of aliphatic hydroxyl groups is 2. The van der Waals surface area contributed by atoms with E-state index in [-0.39, 0.29) is 0 Å². The van der Waals surface area contributed by atoms with E-state index in [9.17, 15) is 10.2 Å². The standard InChI is InChI=1S/C27H28O4/c28-23(20-12-4-1-5-13-20)24-25(31-26(30-24)18-10-11-19-26)27(29,21-14-6-2-7-15-21)22-16-8-3-9-17-22/h1-9,12-17,23-25,28-29H,10-11,18-19H2. The highest BCUT2D eigenvalue weighted by molar-refractivity contribution is 5.39. The second kappa shape index (κ2) is 8.21. The van der Waals surface area contributed by atoms with Crippen molar-refractivity contribution in [2.75, 3.05) is 0 Å². The van der Waals surface area contributed by atoms with Gasteiger partial charge in [-0.3, -0.25) is 0 Å². The Morgan fingerprint density at radius 2 is 1.23 bits per heavy atom. The summed E-state index contributed by atoms with van der Waals surface area (Å²) in [5, 5.41) is 23.7. The van der Waals surface area contributed by atoms with Crippen molar-refractivity contribution in [3.8, 4) is 0 Å². The Kier molecular flexibility index (Phi) is 5.40. The quantitative estimate of drug-likeness (QED) is 0.632. The zero-order valence-electron chi connectivity index (χ0n) is 17.4. The fraction of sp³-hybridized carbons (Fsp3) is 0.333. The Balaban J connectivity index is 1.63. The summed E-state index contributed by atoms with van der Waals surface area (Å²) in [7, 11) is 0. The molecule has 5 rings (SSSR count). The Morgan fingerprint density at radius 3 is 1.74 bits per heavy atom. The van der Waals surface area contributed by atoms with Crippen LogP contribution < -0.4 is 0 Å². The first-order valence-electron chi connectivity index (χ1n) is 11.0. The summed E-state index contributed by atoms with van der Waals surface area (Å²) in [5.74, 6) is -0.761. The summed E-state index contributed by atoms with van der Waals surface area (Å²) in [5.41, 5.74) is 0.708. The topological polar surface area (TPSA) is 58.9 Å². The molecule has 2 aliphatic rings. The summed E-state index contributed by atoms with van der Waals surface area (Å²) in [6.07, 6.45) is 1.13. The lowest BCUT2D eigenvalue weighted by Gasteiger charge is -2.38. The van der Waals surface area contributed by atoms with Crippen LogP contribution in [-0.4, -0.2) is 28.2 Å². The number of hydrogen-bond donors (Lipinski definition) is 2. The van der Waals surface area contributed by atoms with Gasteiger partial charge in [-0.25, -0.2) is 0 Å². The molecular formula is C27H28O4. The Labute approximate surface area is 183 Å². The molecule has 1 saturated heterocycles. The lowest BCUT2D eigenvalue weighted by molar-refractivity contribution is -0.188. The summed E-state index contributed by atoms with van der Waals surface area (Å²) in [6.45, 7) is 0. The van der Waals surface area contributed by atoms with Crippen LogP contribution in [0, 0.1) is 0 Å². The molecule has 2 fully saturated rings. The van der Waals surface area contributed by atoms with Gasteiger partial charge in [0.25, 0.3) is 0 Å². The molecule has 4 heteroatoms. The molecule has 1 aliphatic heterocycles. The SMILES string of the molecule is OC(c1ccccc1)C1OC2(CCCC2)OC1C(O)(c1ccccc1)c1ccccc1. The zero-order chi connectivity index (χ0) is 21.3. The second-order valence-electron chi connectivity index (χ2n) is 8.59. The van der Waals surface area contributed by atoms with Gasteiger partial charge >= 0.3 is 0 Å². The van der Waals surface area contributed by atoms with Crippen LogP contribution >= 0.6 is 0 Å². The fourth-order valence-corrected chi connectivity index (χ4v) is 5.06. The van der Waals surface area contributed by atoms with Gasteiger partial charge in [0, 0.05) is 12.8 Å². The van der Waals surface area contributed by atoms with Crippen molar-refractivity contribution in [2.45, 2.75) is 55.4 Å². The first-order chi connectivity index (χ1) is 15.1. The maximum absolute atomic E-state index is 12.3. The predicted molar refractivity (Wildman–Crippen MR) is 118 cm³/mol. The van der Waals surface area contributed by atoms with Gasteiger partial charge in [0.05, 0.1) is 0 Å². The van der Waals surface area contributed by atoms with E-state index in [1.807, 2.05) is 91.0 Å². The van der Waals surface area contributed by atoms with E-state index in [4.69, 9.17) is 9.47 Å². The monoisotopic (exact) mass is 416 g/mol. The minimum Gasteiger partial charge on any atom is -0.386 e. The highest BCUT2D eigenvalue weighted by atomic mass is 16.8. The molecule has 3 unspecified atom stereocenters. The molecule has 160 valence electrons. The van der Waals surface area contributed by atoms with Crippen molar-refractivity contribution in [3.05, 3.63) is 108 Å². The summed E-state index contributed by atoms with van der Waals surface area (Å²) < 4.78 is 13.1. The number of hydrogen-bond acceptors (Lipinski definition) is 4. The minimum absolute atomic E-state index is 0.717. The van der Waals surface area contributed by atoms with Crippen LogP contribution in [0.2, 0.25) is 0 Å². The van der Waals surface area contributed by atoms with Crippen molar-refractivity contribution in [1.82, 2.24) is 0 Å². The zero-order valence-corrected chi connectivity index (χ0v) is 17.4. The lowest BCUT2D eigenvalue weighted by Crippen LogP contribution is -2.48. The largest absolute Gasteiger partial charge is 0.386 e. The van der Waals surface area contributed by atoms with Crippen LogP contribution in [0.15, 0.2) is 91.0 Å². The molecule has 1 spiro atoms. The van der Waals surface area contributed by atoms with E-state index in [0.717, 1.165) is 42.4 Å². The molecule has 0 amide bonds. The van der Waals surface area contributed by atoms with E-state index in [2.05, 4.69) is 0 Å². The molecule has 3 aromatic rings. The van der Waals surface area contributed by atoms with E-state index in [1.54, 1.807) is 0 Å². The average Bonchev–Trinajstić information content (AvgIpc) is 3.47.